The SMILES string of the molecule is CN(C)c1ccc(C#Cc2c3cc(-c4cc(C(C)(C)C)c(O)c(C(C)(C)C)c4)ccc3c(C#Cc3ccc([N+](=O)[O-])cc3)c3ccc(-c4cc(C(C)(C)C)c(O)c(C(C)(C)C)c4)cc23)cc1. The average Bonchev–Trinajstić information content (AvgIpc) is 3.23. The zero-order chi connectivity index (χ0) is 48.3. The predicted molar refractivity (Wildman–Crippen MR) is 276 cm³/mol. The van der Waals surface area contributed by atoms with Crippen LogP contribution in [0.2, 0.25) is 0 Å². The van der Waals surface area contributed by atoms with E-state index in [4.69, 9.17) is 0 Å². The third-order valence-electron chi connectivity index (χ3n) is 12.4. The summed E-state index contributed by atoms with van der Waals surface area (Å²) in [5, 5.41) is 38.6. The summed E-state index contributed by atoms with van der Waals surface area (Å²) in [5.41, 5.74) is 10.4. The Morgan fingerprint density at radius 1 is 0.439 bits per heavy atom. The van der Waals surface area contributed by atoms with E-state index in [1.165, 1.54) is 12.1 Å². The smallest absolute Gasteiger partial charge is 0.269 e. The Kier molecular flexibility index (Phi) is 12.2. The Morgan fingerprint density at radius 2 is 0.773 bits per heavy atom. The molecule has 0 atom stereocenters. The van der Waals surface area contributed by atoms with Crippen molar-refractivity contribution in [2.75, 3.05) is 19.0 Å². The van der Waals surface area contributed by atoms with Crippen LogP contribution >= 0.6 is 0 Å². The van der Waals surface area contributed by atoms with Gasteiger partial charge in [0, 0.05) is 76.4 Å². The molecule has 0 unspecified atom stereocenters. The number of aromatic hydroxyl groups is 2. The summed E-state index contributed by atoms with van der Waals surface area (Å²) < 4.78 is 0. The van der Waals surface area contributed by atoms with Crippen LogP contribution in [-0.4, -0.2) is 29.2 Å². The minimum Gasteiger partial charge on any atom is -0.507 e. The molecule has 7 aromatic rings. The van der Waals surface area contributed by atoms with E-state index in [1.54, 1.807) is 12.1 Å². The van der Waals surface area contributed by atoms with Gasteiger partial charge in [0.2, 0.25) is 0 Å². The zero-order valence-corrected chi connectivity index (χ0v) is 41.0. The lowest BCUT2D eigenvalue weighted by molar-refractivity contribution is -0.384. The lowest BCUT2D eigenvalue weighted by Crippen LogP contribution is -2.17. The molecule has 0 fully saturated rings. The van der Waals surface area contributed by atoms with Crippen molar-refractivity contribution in [1.29, 1.82) is 0 Å². The fraction of sp³-hybridized carbons (Fsp3) is 0.300. The number of phenols is 2. The molecule has 7 rings (SSSR count). The van der Waals surface area contributed by atoms with Gasteiger partial charge in [-0.05, 0) is 138 Å². The fourth-order valence-corrected chi connectivity index (χ4v) is 8.52. The van der Waals surface area contributed by atoms with Gasteiger partial charge in [0.05, 0.1) is 4.92 Å². The van der Waals surface area contributed by atoms with Gasteiger partial charge >= 0.3 is 0 Å². The third kappa shape index (κ3) is 9.52. The van der Waals surface area contributed by atoms with E-state index >= 15 is 0 Å². The fourth-order valence-electron chi connectivity index (χ4n) is 8.52. The number of non-ortho nitro benzene ring substituents is 1. The molecule has 0 saturated heterocycles. The van der Waals surface area contributed by atoms with Gasteiger partial charge in [0.15, 0.2) is 0 Å². The van der Waals surface area contributed by atoms with E-state index in [9.17, 15) is 20.3 Å². The van der Waals surface area contributed by atoms with Gasteiger partial charge in [-0.1, -0.05) is 131 Å². The van der Waals surface area contributed by atoms with Crippen LogP contribution in [0.1, 0.15) is 128 Å². The minimum atomic E-state index is -0.407. The van der Waals surface area contributed by atoms with Gasteiger partial charge in [-0.2, -0.15) is 0 Å². The first kappa shape index (κ1) is 47.0. The second kappa shape index (κ2) is 17.1. The van der Waals surface area contributed by atoms with Crippen LogP contribution in [0, 0.1) is 33.8 Å². The van der Waals surface area contributed by atoms with E-state index in [0.717, 1.165) is 88.4 Å². The Morgan fingerprint density at radius 3 is 1.09 bits per heavy atom. The first-order chi connectivity index (χ1) is 30.7. The van der Waals surface area contributed by atoms with Crippen LogP contribution < -0.4 is 4.90 Å². The molecule has 66 heavy (non-hydrogen) atoms. The van der Waals surface area contributed by atoms with Gasteiger partial charge in [0.1, 0.15) is 11.5 Å². The van der Waals surface area contributed by atoms with E-state index in [2.05, 4.69) is 184 Å². The number of benzene rings is 7. The van der Waals surface area contributed by atoms with Crippen molar-refractivity contribution in [2.24, 2.45) is 0 Å². The quantitative estimate of drug-likeness (QED) is 0.0796. The summed E-state index contributed by atoms with van der Waals surface area (Å²) in [6.45, 7) is 25.5. The molecule has 0 spiro atoms. The summed E-state index contributed by atoms with van der Waals surface area (Å²) in [6, 6.07) is 35.9. The molecule has 0 aliphatic rings. The van der Waals surface area contributed by atoms with Crippen molar-refractivity contribution in [3.05, 3.63) is 164 Å². The summed E-state index contributed by atoms with van der Waals surface area (Å²) in [7, 11) is 4.04. The van der Waals surface area contributed by atoms with E-state index in [1.807, 2.05) is 26.2 Å². The first-order valence-electron chi connectivity index (χ1n) is 22.6. The molecular weight excluding hydrogens is 813 g/mol. The standard InChI is InChI=1S/C60H62N2O4/c1-57(2,3)51-33-41(34-52(55(51)63)58(4,5)6)39-21-29-46-45(27-19-38-17-25-44(26-18-38)62(65)66)47-30-22-40(42-35-53(59(7,8)9)56(64)54(36-42)60(10,11)12)32-50(47)48(49(46)31-39)28-20-37-15-23-43(24-16-37)61(13)14/h15-18,21-26,29-36,63-64H,1-14H3. The van der Waals surface area contributed by atoms with Crippen LogP contribution in [0.4, 0.5) is 11.4 Å². The molecule has 7 aromatic carbocycles. The highest BCUT2D eigenvalue weighted by Crippen LogP contribution is 2.45. The number of nitro benzene ring substituents is 1. The number of rotatable bonds is 4. The molecule has 0 aliphatic carbocycles. The average molecular weight is 875 g/mol. The van der Waals surface area contributed by atoms with Gasteiger partial charge in [0.25, 0.3) is 5.69 Å². The predicted octanol–water partition coefficient (Wildman–Crippen LogP) is 14.7. The Labute approximate surface area is 391 Å². The summed E-state index contributed by atoms with van der Waals surface area (Å²) >= 11 is 0. The summed E-state index contributed by atoms with van der Waals surface area (Å²) in [4.78, 5) is 13.2. The normalized spacial score (nSPS) is 12.1. The van der Waals surface area contributed by atoms with Crippen LogP contribution in [0.3, 0.4) is 0 Å². The van der Waals surface area contributed by atoms with Crippen molar-refractivity contribution in [2.45, 2.75) is 105 Å². The molecule has 0 bridgehead atoms. The van der Waals surface area contributed by atoms with Crippen molar-refractivity contribution < 1.29 is 15.1 Å². The van der Waals surface area contributed by atoms with Crippen molar-refractivity contribution in [3.8, 4) is 57.4 Å². The number of nitrogens with zero attached hydrogens (tertiary/aromatic N) is 2. The van der Waals surface area contributed by atoms with Gasteiger partial charge < -0.3 is 15.1 Å². The van der Waals surface area contributed by atoms with E-state index in [0.29, 0.717) is 17.1 Å². The molecule has 0 amide bonds. The van der Waals surface area contributed by atoms with Crippen molar-refractivity contribution in [1.82, 2.24) is 0 Å². The third-order valence-corrected chi connectivity index (χ3v) is 12.4. The highest BCUT2D eigenvalue weighted by Gasteiger charge is 2.29. The molecule has 0 aliphatic heterocycles. The Hall–Kier alpha value is -7.02. The maximum absolute atomic E-state index is 11.7. The second-order valence-electron chi connectivity index (χ2n) is 21.9. The van der Waals surface area contributed by atoms with E-state index in [-0.39, 0.29) is 27.3 Å². The summed E-state index contributed by atoms with van der Waals surface area (Å²) in [5.74, 6) is 14.7. The minimum absolute atomic E-state index is 0.00715. The van der Waals surface area contributed by atoms with Gasteiger partial charge in [-0.3, -0.25) is 10.1 Å². The number of phenolic OH excluding ortho intramolecular Hbond substituents is 2. The number of anilines is 1. The molecule has 0 aromatic heterocycles. The Balaban J connectivity index is 1.62. The first-order valence-corrected chi connectivity index (χ1v) is 22.6. The molecule has 2 N–H and O–H groups in total. The number of hydrogen-bond acceptors (Lipinski definition) is 5. The largest absolute Gasteiger partial charge is 0.507 e. The van der Waals surface area contributed by atoms with E-state index < -0.39 is 4.92 Å². The number of hydrogen-bond donors (Lipinski definition) is 2. The van der Waals surface area contributed by atoms with Crippen LogP contribution in [-0.2, 0) is 21.7 Å². The van der Waals surface area contributed by atoms with Gasteiger partial charge in [-0.25, -0.2) is 0 Å². The van der Waals surface area contributed by atoms with Crippen LogP contribution in [0.5, 0.6) is 11.5 Å². The molecule has 0 radical (unpaired) electrons. The highest BCUT2D eigenvalue weighted by atomic mass is 16.6. The molecule has 0 saturated carbocycles. The maximum Gasteiger partial charge on any atom is 0.269 e. The Bertz CT molecular complexity index is 2960. The topological polar surface area (TPSA) is 86.8 Å². The van der Waals surface area contributed by atoms with Gasteiger partial charge in [-0.15, -0.1) is 0 Å². The lowest BCUT2D eigenvalue weighted by Gasteiger charge is -2.28. The summed E-state index contributed by atoms with van der Waals surface area (Å²) in [6.07, 6.45) is 0. The van der Waals surface area contributed by atoms with Crippen molar-refractivity contribution >= 4 is 32.9 Å². The second-order valence-corrected chi connectivity index (χ2v) is 21.9. The highest BCUT2D eigenvalue weighted by molar-refractivity contribution is 6.11. The lowest BCUT2D eigenvalue weighted by atomic mass is 9.77. The van der Waals surface area contributed by atoms with Crippen molar-refractivity contribution in [3.63, 3.8) is 0 Å². The van der Waals surface area contributed by atoms with Crippen LogP contribution in [0.25, 0.3) is 43.8 Å². The number of fused-ring (bicyclic) bond motifs is 2. The maximum atomic E-state index is 11.7. The zero-order valence-electron chi connectivity index (χ0n) is 41.0. The molecular formula is C60H62N2O4. The molecule has 336 valence electrons. The molecule has 0 heterocycles. The number of nitro groups is 1. The molecule has 6 heteroatoms. The molecule has 6 nitrogen and oxygen atoms in total. The monoisotopic (exact) mass is 874 g/mol. The van der Waals surface area contributed by atoms with Crippen LogP contribution in [0.15, 0.2) is 109 Å².